The number of hydrogen-bond donors (Lipinski definition) is 1. The first-order chi connectivity index (χ1) is 9.31. The lowest BCUT2D eigenvalue weighted by molar-refractivity contribution is 0.352. The van der Waals surface area contributed by atoms with Crippen molar-refractivity contribution in [2.24, 2.45) is 0 Å². The summed E-state index contributed by atoms with van der Waals surface area (Å²) in [6.07, 6.45) is 1.00. The first kappa shape index (κ1) is 17.1. The molecule has 1 N–H and O–H groups in total. The van der Waals surface area contributed by atoms with Gasteiger partial charge in [0.15, 0.2) is 11.5 Å². The molecule has 1 aromatic rings. The molecule has 0 heterocycles. The summed E-state index contributed by atoms with van der Waals surface area (Å²) in [4.78, 5) is 0. The summed E-state index contributed by atoms with van der Waals surface area (Å²) in [7, 11) is 3.26. The molecule has 20 heavy (non-hydrogen) atoms. The second-order valence-corrected chi connectivity index (χ2v) is 6.34. The van der Waals surface area contributed by atoms with E-state index in [2.05, 4.69) is 33.0 Å². The Kier molecular flexibility index (Phi) is 6.15. The van der Waals surface area contributed by atoms with Crippen LogP contribution in [0.1, 0.15) is 39.7 Å². The Bertz CT molecular complexity index is 444. The third kappa shape index (κ3) is 4.29. The van der Waals surface area contributed by atoms with Gasteiger partial charge in [-0.15, -0.1) is 0 Å². The number of hydrogen-bond acceptors (Lipinski definition) is 3. The zero-order valence-electron chi connectivity index (χ0n) is 13.3. The van der Waals surface area contributed by atoms with E-state index in [9.17, 15) is 0 Å². The Labute approximate surface area is 127 Å². The number of methoxy groups -OCH3 is 2. The van der Waals surface area contributed by atoms with Gasteiger partial charge in [-0.1, -0.05) is 39.3 Å². The van der Waals surface area contributed by atoms with Gasteiger partial charge in [0.05, 0.1) is 14.2 Å². The van der Waals surface area contributed by atoms with Gasteiger partial charge in [-0.2, -0.15) is 0 Å². The molecule has 0 saturated heterocycles. The normalized spacial score (nSPS) is 11.8. The maximum atomic E-state index is 6.41. The van der Waals surface area contributed by atoms with Crippen LogP contribution in [0.25, 0.3) is 0 Å². The van der Waals surface area contributed by atoms with Gasteiger partial charge in [0, 0.05) is 17.1 Å². The largest absolute Gasteiger partial charge is 0.493 e. The summed E-state index contributed by atoms with van der Waals surface area (Å²) in [6.45, 7) is 9.65. The summed E-state index contributed by atoms with van der Waals surface area (Å²) in [5, 5.41) is 4.16. The SMILES string of the molecule is COc1cc(Cl)c(C(C)(C)CCNC(C)C)cc1OC. The fraction of sp³-hybridized carbons (Fsp3) is 0.625. The second-order valence-electron chi connectivity index (χ2n) is 5.93. The number of nitrogens with one attached hydrogen (secondary N) is 1. The lowest BCUT2D eigenvalue weighted by Crippen LogP contribution is -2.29. The average molecular weight is 300 g/mol. The van der Waals surface area contributed by atoms with E-state index in [0.717, 1.165) is 29.3 Å². The summed E-state index contributed by atoms with van der Waals surface area (Å²) in [5.41, 5.74) is 1.06. The van der Waals surface area contributed by atoms with Gasteiger partial charge in [0.1, 0.15) is 0 Å². The number of ether oxygens (including phenoxy) is 2. The molecule has 0 saturated carbocycles. The van der Waals surface area contributed by atoms with Gasteiger partial charge in [-0.3, -0.25) is 0 Å². The highest BCUT2D eigenvalue weighted by Crippen LogP contribution is 2.40. The van der Waals surface area contributed by atoms with Crippen LogP contribution in [0.3, 0.4) is 0 Å². The predicted octanol–water partition coefficient (Wildman–Crippen LogP) is 4.02. The molecule has 0 unspecified atom stereocenters. The zero-order valence-corrected chi connectivity index (χ0v) is 14.1. The van der Waals surface area contributed by atoms with E-state index >= 15 is 0 Å². The van der Waals surface area contributed by atoms with Gasteiger partial charge in [0.2, 0.25) is 0 Å². The summed E-state index contributed by atoms with van der Waals surface area (Å²) < 4.78 is 10.6. The van der Waals surface area contributed by atoms with Gasteiger partial charge < -0.3 is 14.8 Å². The third-order valence-electron chi connectivity index (χ3n) is 3.50. The van der Waals surface area contributed by atoms with Crippen LogP contribution in [0.5, 0.6) is 11.5 Å². The fourth-order valence-electron chi connectivity index (χ4n) is 2.18. The maximum absolute atomic E-state index is 6.41. The molecule has 1 aromatic carbocycles. The molecule has 0 aliphatic rings. The predicted molar refractivity (Wildman–Crippen MR) is 85.3 cm³/mol. The molecule has 0 fully saturated rings. The van der Waals surface area contributed by atoms with E-state index in [1.54, 1.807) is 14.2 Å². The zero-order chi connectivity index (χ0) is 15.3. The molecule has 0 bridgehead atoms. The number of halogens is 1. The van der Waals surface area contributed by atoms with Crippen LogP contribution in [0.15, 0.2) is 12.1 Å². The molecule has 0 spiro atoms. The summed E-state index contributed by atoms with van der Waals surface area (Å²) in [5.74, 6) is 1.38. The van der Waals surface area contributed by atoms with Crippen molar-refractivity contribution < 1.29 is 9.47 Å². The minimum Gasteiger partial charge on any atom is -0.493 e. The van der Waals surface area contributed by atoms with E-state index in [4.69, 9.17) is 21.1 Å². The molecule has 0 aliphatic carbocycles. The smallest absolute Gasteiger partial charge is 0.162 e. The summed E-state index contributed by atoms with van der Waals surface area (Å²) >= 11 is 6.41. The van der Waals surface area contributed by atoms with Gasteiger partial charge in [-0.05, 0) is 30.0 Å². The van der Waals surface area contributed by atoms with Crippen molar-refractivity contribution in [2.45, 2.75) is 45.6 Å². The van der Waals surface area contributed by atoms with Crippen molar-refractivity contribution in [3.63, 3.8) is 0 Å². The Morgan fingerprint density at radius 2 is 1.70 bits per heavy atom. The van der Waals surface area contributed by atoms with Gasteiger partial charge in [0.25, 0.3) is 0 Å². The van der Waals surface area contributed by atoms with Crippen molar-refractivity contribution in [3.8, 4) is 11.5 Å². The highest BCUT2D eigenvalue weighted by molar-refractivity contribution is 6.31. The van der Waals surface area contributed by atoms with Crippen molar-refractivity contribution in [1.29, 1.82) is 0 Å². The van der Waals surface area contributed by atoms with E-state index in [-0.39, 0.29) is 5.41 Å². The van der Waals surface area contributed by atoms with E-state index in [1.165, 1.54) is 0 Å². The first-order valence-electron chi connectivity index (χ1n) is 6.97. The number of rotatable bonds is 7. The molecule has 0 aliphatic heterocycles. The molecular weight excluding hydrogens is 274 g/mol. The minimum atomic E-state index is -0.0292. The van der Waals surface area contributed by atoms with Crippen LogP contribution in [-0.4, -0.2) is 26.8 Å². The van der Waals surface area contributed by atoms with Crippen molar-refractivity contribution in [3.05, 3.63) is 22.7 Å². The average Bonchev–Trinajstić information content (AvgIpc) is 2.37. The Balaban J connectivity index is 2.98. The topological polar surface area (TPSA) is 30.5 Å². The minimum absolute atomic E-state index is 0.0292. The molecule has 0 radical (unpaired) electrons. The first-order valence-corrected chi connectivity index (χ1v) is 7.35. The van der Waals surface area contributed by atoms with Crippen LogP contribution in [0.2, 0.25) is 5.02 Å². The van der Waals surface area contributed by atoms with Crippen molar-refractivity contribution in [2.75, 3.05) is 20.8 Å². The molecule has 0 amide bonds. The number of benzene rings is 1. The second kappa shape index (κ2) is 7.19. The van der Waals surface area contributed by atoms with Crippen molar-refractivity contribution >= 4 is 11.6 Å². The molecular formula is C16H26ClNO2. The molecule has 1 rings (SSSR count). The quantitative estimate of drug-likeness (QED) is 0.825. The Morgan fingerprint density at radius 1 is 1.15 bits per heavy atom. The molecule has 0 aromatic heterocycles. The van der Waals surface area contributed by atoms with Crippen molar-refractivity contribution in [1.82, 2.24) is 5.32 Å². The lowest BCUT2D eigenvalue weighted by Gasteiger charge is -2.28. The molecule has 114 valence electrons. The van der Waals surface area contributed by atoms with Crippen LogP contribution >= 0.6 is 11.6 Å². The highest BCUT2D eigenvalue weighted by atomic mass is 35.5. The van der Waals surface area contributed by atoms with Gasteiger partial charge >= 0.3 is 0 Å². The molecule has 0 atom stereocenters. The standard InChI is InChI=1S/C16H26ClNO2/c1-11(2)18-8-7-16(3,4)12-9-14(19-5)15(20-6)10-13(12)17/h9-11,18H,7-8H2,1-6H3. The lowest BCUT2D eigenvalue weighted by atomic mass is 9.81. The maximum Gasteiger partial charge on any atom is 0.162 e. The fourth-order valence-corrected chi connectivity index (χ4v) is 2.59. The van der Waals surface area contributed by atoms with E-state index < -0.39 is 0 Å². The third-order valence-corrected chi connectivity index (χ3v) is 3.82. The Hall–Kier alpha value is -0.930. The van der Waals surface area contributed by atoms with E-state index in [1.807, 2.05) is 12.1 Å². The van der Waals surface area contributed by atoms with Gasteiger partial charge in [-0.25, -0.2) is 0 Å². The van der Waals surface area contributed by atoms with Crippen LogP contribution in [0, 0.1) is 0 Å². The summed E-state index contributed by atoms with van der Waals surface area (Å²) in [6, 6.07) is 4.30. The molecule has 3 nitrogen and oxygen atoms in total. The van der Waals surface area contributed by atoms with E-state index in [0.29, 0.717) is 11.8 Å². The monoisotopic (exact) mass is 299 g/mol. The molecule has 4 heteroatoms. The Morgan fingerprint density at radius 3 is 2.20 bits per heavy atom. The van der Waals surface area contributed by atoms with Crippen LogP contribution in [0.4, 0.5) is 0 Å². The van der Waals surface area contributed by atoms with Crippen LogP contribution in [-0.2, 0) is 5.41 Å². The highest BCUT2D eigenvalue weighted by Gasteiger charge is 2.25. The van der Waals surface area contributed by atoms with Crippen LogP contribution < -0.4 is 14.8 Å².